The van der Waals surface area contributed by atoms with Gasteiger partial charge in [-0.15, -0.1) is 11.3 Å². The van der Waals surface area contributed by atoms with Crippen LogP contribution in [0.5, 0.6) is 0 Å². The van der Waals surface area contributed by atoms with Gasteiger partial charge < -0.3 is 14.8 Å². The number of amides is 2. The number of nitrogens with one attached hydrogen (secondary N) is 1. The van der Waals surface area contributed by atoms with Crippen LogP contribution in [0.1, 0.15) is 46.5 Å². The SMILES string of the molecule is CC(=O)N1CCC2(CC1)c1nc[nH]c1CCN2C(=O)c1ncsc1C. The van der Waals surface area contributed by atoms with Crippen LogP contribution in [0.2, 0.25) is 0 Å². The molecule has 132 valence electrons. The standard InChI is InChI=1S/C17H21N5O2S/c1-11-14(20-10-25-11)16(24)22-6-3-13-15(19-9-18-13)17(22)4-7-21(8-5-17)12(2)23/h9-10H,3-8H2,1-2H3,(H,18,19). The second-order valence-corrected chi connectivity index (χ2v) is 7.79. The number of piperidine rings is 1. The van der Waals surface area contributed by atoms with Crippen molar-refractivity contribution >= 4 is 23.2 Å². The lowest BCUT2D eigenvalue weighted by molar-refractivity contribution is -0.131. The monoisotopic (exact) mass is 359 g/mol. The molecule has 1 spiro atoms. The first-order valence-electron chi connectivity index (χ1n) is 8.53. The van der Waals surface area contributed by atoms with E-state index >= 15 is 0 Å². The molecule has 0 aliphatic carbocycles. The van der Waals surface area contributed by atoms with Crippen molar-refractivity contribution < 1.29 is 9.59 Å². The Balaban J connectivity index is 1.73. The summed E-state index contributed by atoms with van der Waals surface area (Å²) in [4.78, 5) is 41.8. The fourth-order valence-corrected chi connectivity index (χ4v) is 4.68. The number of fused-ring (bicyclic) bond motifs is 2. The Kier molecular flexibility index (Phi) is 3.87. The highest BCUT2D eigenvalue weighted by Crippen LogP contribution is 2.43. The van der Waals surface area contributed by atoms with Gasteiger partial charge in [-0.3, -0.25) is 9.59 Å². The van der Waals surface area contributed by atoms with Crippen molar-refractivity contribution in [3.05, 3.63) is 33.8 Å². The summed E-state index contributed by atoms with van der Waals surface area (Å²) in [6.07, 6.45) is 3.90. The van der Waals surface area contributed by atoms with Gasteiger partial charge in [0.2, 0.25) is 5.91 Å². The number of likely N-dealkylation sites (tertiary alicyclic amines) is 1. The molecule has 0 aromatic carbocycles. The van der Waals surface area contributed by atoms with Crippen LogP contribution in [0, 0.1) is 6.92 Å². The molecule has 8 heteroatoms. The van der Waals surface area contributed by atoms with Crippen LogP contribution in [0.25, 0.3) is 0 Å². The first kappa shape index (κ1) is 16.3. The number of hydrogen-bond acceptors (Lipinski definition) is 5. The van der Waals surface area contributed by atoms with Gasteiger partial charge in [-0.1, -0.05) is 0 Å². The third-order valence-electron chi connectivity index (χ3n) is 5.49. The quantitative estimate of drug-likeness (QED) is 0.840. The summed E-state index contributed by atoms with van der Waals surface area (Å²) in [5.74, 6) is 0.0600. The number of carbonyl (C=O) groups excluding carboxylic acids is 2. The lowest BCUT2D eigenvalue weighted by atomic mass is 9.78. The lowest BCUT2D eigenvalue weighted by Gasteiger charge is -2.50. The van der Waals surface area contributed by atoms with Gasteiger partial charge in [0.15, 0.2) is 0 Å². The molecular formula is C17H21N5O2S. The number of aryl methyl sites for hydroxylation is 1. The molecule has 0 atom stereocenters. The van der Waals surface area contributed by atoms with Crippen molar-refractivity contribution in [1.29, 1.82) is 0 Å². The van der Waals surface area contributed by atoms with Gasteiger partial charge in [-0.05, 0) is 19.8 Å². The maximum atomic E-state index is 13.3. The number of hydrogen-bond donors (Lipinski definition) is 1. The third kappa shape index (κ3) is 2.47. The largest absolute Gasteiger partial charge is 0.348 e. The number of rotatable bonds is 1. The predicted octanol–water partition coefficient (Wildman–Crippen LogP) is 1.71. The fraction of sp³-hybridized carbons (Fsp3) is 0.529. The van der Waals surface area contributed by atoms with Crippen molar-refractivity contribution in [3.8, 4) is 0 Å². The number of nitrogens with zero attached hydrogens (tertiary/aromatic N) is 4. The van der Waals surface area contributed by atoms with E-state index in [1.165, 1.54) is 11.3 Å². The Hall–Kier alpha value is -2.22. The van der Waals surface area contributed by atoms with Crippen LogP contribution in [-0.2, 0) is 16.8 Å². The number of thiazole rings is 1. The maximum absolute atomic E-state index is 13.3. The van der Waals surface area contributed by atoms with Gasteiger partial charge in [-0.25, -0.2) is 9.97 Å². The van der Waals surface area contributed by atoms with Crippen molar-refractivity contribution in [3.63, 3.8) is 0 Å². The molecule has 2 aliphatic heterocycles. The van der Waals surface area contributed by atoms with Crippen LogP contribution in [0.3, 0.4) is 0 Å². The second-order valence-electron chi connectivity index (χ2n) is 6.73. The van der Waals surface area contributed by atoms with Crippen molar-refractivity contribution in [1.82, 2.24) is 24.8 Å². The molecule has 25 heavy (non-hydrogen) atoms. The van der Waals surface area contributed by atoms with Gasteiger partial charge in [0.25, 0.3) is 5.91 Å². The molecule has 4 rings (SSSR count). The molecule has 1 saturated heterocycles. The van der Waals surface area contributed by atoms with E-state index in [-0.39, 0.29) is 11.8 Å². The first-order valence-corrected chi connectivity index (χ1v) is 9.41. The molecule has 4 heterocycles. The second kappa shape index (κ2) is 5.94. The maximum Gasteiger partial charge on any atom is 0.274 e. The third-order valence-corrected chi connectivity index (χ3v) is 6.25. The van der Waals surface area contributed by atoms with Gasteiger partial charge >= 0.3 is 0 Å². The molecule has 0 unspecified atom stereocenters. The minimum absolute atomic E-state index is 0.0244. The van der Waals surface area contributed by atoms with Gasteiger partial charge in [0, 0.05) is 43.5 Å². The van der Waals surface area contributed by atoms with Crippen LogP contribution in [0.4, 0.5) is 0 Å². The topological polar surface area (TPSA) is 82.2 Å². The molecule has 2 aromatic heterocycles. The Morgan fingerprint density at radius 3 is 2.64 bits per heavy atom. The Labute approximate surface area is 150 Å². The van der Waals surface area contributed by atoms with E-state index < -0.39 is 5.54 Å². The molecular weight excluding hydrogens is 338 g/mol. The summed E-state index contributed by atoms with van der Waals surface area (Å²) in [5.41, 5.74) is 3.88. The number of H-pyrrole nitrogens is 1. The normalized spacial score (nSPS) is 19.1. The zero-order valence-corrected chi connectivity index (χ0v) is 15.2. The van der Waals surface area contributed by atoms with E-state index in [0.717, 1.165) is 22.7 Å². The van der Waals surface area contributed by atoms with E-state index in [4.69, 9.17) is 0 Å². The molecule has 2 aliphatic rings. The number of imidazole rings is 1. The van der Waals surface area contributed by atoms with Gasteiger partial charge in [0.1, 0.15) is 5.69 Å². The molecule has 0 saturated carbocycles. The summed E-state index contributed by atoms with van der Waals surface area (Å²) < 4.78 is 0. The minimum Gasteiger partial charge on any atom is -0.348 e. The Morgan fingerprint density at radius 2 is 2.00 bits per heavy atom. The molecule has 1 fully saturated rings. The Bertz CT molecular complexity index is 819. The van der Waals surface area contributed by atoms with Gasteiger partial charge in [-0.2, -0.15) is 0 Å². The zero-order valence-electron chi connectivity index (χ0n) is 14.4. The zero-order chi connectivity index (χ0) is 17.6. The van der Waals surface area contributed by atoms with E-state index in [1.807, 2.05) is 16.7 Å². The first-order chi connectivity index (χ1) is 12.0. The highest BCUT2D eigenvalue weighted by Gasteiger charge is 2.49. The van der Waals surface area contributed by atoms with E-state index in [1.54, 1.807) is 18.8 Å². The van der Waals surface area contributed by atoms with Crippen LogP contribution in [0.15, 0.2) is 11.8 Å². The molecule has 2 aromatic rings. The Morgan fingerprint density at radius 1 is 1.24 bits per heavy atom. The molecule has 1 N–H and O–H groups in total. The highest BCUT2D eigenvalue weighted by atomic mass is 32.1. The highest BCUT2D eigenvalue weighted by molar-refractivity contribution is 7.09. The van der Waals surface area contributed by atoms with Crippen LogP contribution < -0.4 is 0 Å². The summed E-state index contributed by atoms with van der Waals surface area (Å²) >= 11 is 1.49. The minimum atomic E-state index is -0.452. The number of aromatic nitrogens is 3. The van der Waals surface area contributed by atoms with E-state index in [2.05, 4.69) is 15.0 Å². The summed E-state index contributed by atoms with van der Waals surface area (Å²) in [7, 11) is 0. The predicted molar refractivity (Wildman–Crippen MR) is 93.3 cm³/mol. The molecule has 0 radical (unpaired) electrons. The van der Waals surface area contributed by atoms with E-state index in [0.29, 0.717) is 38.2 Å². The van der Waals surface area contributed by atoms with Crippen molar-refractivity contribution in [2.75, 3.05) is 19.6 Å². The van der Waals surface area contributed by atoms with Crippen molar-refractivity contribution in [2.45, 2.75) is 38.6 Å². The van der Waals surface area contributed by atoms with E-state index in [9.17, 15) is 9.59 Å². The summed E-state index contributed by atoms with van der Waals surface area (Å²) in [6.45, 7) is 5.45. The average Bonchev–Trinajstić information content (AvgIpc) is 3.24. The van der Waals surface area contributed by atoms with Crippen LogP contribution >= 0.6 is 11.3 Å². The summed E-state index contributed by atoms with van der Waals surface area (Å²) in [6, 6.07) is 0. The average molecular weight is 359 g/mol. The number of carbonyl (C=O) groups is 2. The summed E-state index contributed by atoms with van der Waals surface area (Å²) in [5, 5.41) is 0. The number of aromatic amines is 1. The van der Waals surface area contributed by atoms with Crippen LogP contribution in [-0.4, -0.2) is 56.2 Å². The lowest BCUT2D eigenvalue weighted by Crippen LogP contribution is -2.58. The van der Waals surface area contributed by atoms with Gasteiger partial charge in [0.05, 0.1) is 23.1 Å². The van der Waals surface area contributed by atoms with Crippen molar-refractivity contribution in [2.24, 2.45) is 0 Å². The fourth-order valence-electron chi connectivity index (χ4n) is 4.11. The molecule has 7 nitrogen and oxygen atoms in total. The molecule has 0 bridgehead atoms. The smallest absolute Gasteiger partial charge is 0.274 e. The molecule has 2 amide bonds.